The topological polar surface area (TPSA) is 75.1 Å². The second kappa shape index (κ2) is 6.41. The molecule has 1 saturated carbocycles. The highest BCUT2D eigenvalue weighted by Crippen LogP contribution is 2.41. The molecule has 0 saturated heterocycles. The van der Waals surface area contributed by atoms with E-state index in [4.69, 9.17) is 0 Å². The molecular formula is C16H25N3O2. The van der Waals surface area contributed by atoms with Gasteiger partial charge < -0.3 is 10.4 Å². The van der Waals surface area contributed by atoms with Crippen LogP contribution in [0.15, 0.2) is 6.20 Å². The molecule has 0 aliphatic heterocycles. The Hall–Kier alpha value is -1.65. The van der Waals surface area contributed by atoms with E-state index < -0.39 is 5.97 Å². The minimum Gasteiger partial charge on any atom is -0.476 e. The third-order valence-corrected chi connectivity index (χ3v) is 4.59. The van der Waals surface area contributed by atoms with Crippen LogP contribution in [-0.4, -0.2) is 27.6 Å². The monoisotopic (exact) mass is 291 g/mol. The van der Waals surface area contributed by atoms with Gasteiger partial charge in [-0.15, -0.1) is 0 Å². The number of rotatable bonds is 6. The molecule has 1 heterocycles. The predicted molar refractivity (Wildman–Crippen MR) is 82.8 cm³/mol. The van der Waals surface area contributed by atoms with Crippen molar-refractivity contribution in [1.29, 1.82) is 0 Å². The zero-order valence-electron chi connectivity index (χ0n) is 13.1. The Labute approximate surface area is 126 Å². The minimum absolute atomic E-state index is 0.0814. The lowest BCUT2D eigenvalue weighted by Crippen LogP contribution is -2.27. The average molecular weight is 291 g/mol. The van der Waals surface area contributed by atoms with E-state index in [0.29, 0.717) is 16.9 Å². The minimum atomic E-state index is -1.00. The van der Waals surface area contributed by atoms with E-state index in [9.17, 15) is 9.90 Å². The van der Waals surface area contributed by atoms with E-state index >= 15 is 0 Å². The summed E-state index contributed by atoms with van der Waals surface area (Å²) in [5.41, 5.74) is 0.913. The number of carbonyl (C=O) groups is 1. The van der Waals surface area contributed by atoms with Crippen LogP contribution in [0.3, 0.4) is 0 Å². The Morgan fingerprint density at radius 2 is 2.10 bits per heavy atom. The normalized spacial score (nSPS) is 17.1. The van der Waals surface area contributed by atoms with Crippen LogP contribution in [0.25, 0.3) is 0 Å². The summed E-state index contributed by atoms with van der Waals surface area (Å²) in [4.78, 5) is 19.9. The molecule has 0 amide bonds. The predicted octanol–water partition coefficient (Wildman–Crippen LogP) is 3.68. The van der Waals surface area contributed by atoms with Crippen molar-refractivity contribution < 1.29 is 9.90 Å². The summed E-state index contributed by atoms with van der Waals surface area (Å²) in [5, 5.41) is 12.6. The molecule has 2 rings (SSSR count). The molecule has 2 N–H and O–H groups in total. The van der Waals surface area contributed by atoms with Crippen LogP contribution in [-0.2, 0) is 0 Å². The molecule has 0 unspecified atom stereocenters. The summed E-state index contributed by atoms with van der Waals surface area (Å²) in [7, 11) is 0. The van der Waals surface area contributed by atoms with Gasteiger partial charge in [-0.3, -0.25) is 0 Å². The lowest BCUT2D eigenvalue weighted by Gasteiger charge is -2.28. The third-order valence-electron chi connectivity index (χ3n) is 4.59. The smallest absolute Gasteiger partial charge is 0.356 e. The van der Waals surface area contributed by atoms with Crippen molar-refractivity contribution >= 4 is 11.7 Å². The highest BCUT2D eigenvalue weighted by atomic mass is 16.4. The van der Waals surface area contributed by atoms with Crippen LogP contribution in [0.5, 0.6) is 0 Å². The van der Waals surface area contributed by atoms with Crippen LogP contribution in [0, 0.1) is 5.41 Å². The molecule has 5 nitrogen and oxygen atoms in total. The summed E-state index contributed by atoms with van der Waals surface area (Å²) in [6, 6.07) is 0. The average Bonchev–Trinajstić information content (AvgIpc) is 2.94. The molecule has 1 fully saturated rings. The summed E-state index contributed by atoms with van der Waals surface area (Å²) in [6.45, 7) is 6.93. The zero-order valence-corrected chi connectivity index (χ0v) is 13.1. The van der Waals surface area contributed by atoms with Gasteiger partial charge in [-0.05, 0) is 24.7 Å². The van der Waals surface area contributed by atoms with Crippen molar-refractivity contribution in [1.82, 2.24) is 9.97 Å². The second-order valence-corrected chi connectivity index (χ2v) is 6.36. The van der Waals surface area contributed by atoms with Crippen molar-refractivity contribution in [2.24, 2.45) is 5.41 Å². The van der Waals surface area contributed by atoms with Crippen molar-refractivity contribution in [3.05, 3.63) is 17.7 Å². The van der Waals surface area contributed by atoms with Crippen LogP contribution >= 0.6 is 0 Å². The molecule has 1 aromatic rings. The van der Waals surface area contributed by atoms with Gasteiger partial charge in [-0.25, -0.2) is 14.8 Å². The van der Waals surface area contributed by atoms with E-state index in [1.807, 2.05) is 13.8 Å². The Balaban J connectivity index is 2.17. The summed E-state index contributed by atoms with van der Waals surface area (Å²) >= 11 is 0. The maximum absolute atomic E-state index is 11.4. The van der Waals surface area contributed by atoms with Gasteiger partial charge in [-0.2, -0.15) is 0 Å². The number of aromatic carboxylic acids is 1. The fraction of sp³-hybridized carbons (Fsp3) is 0.688. The van der Waals surface area contributed by atoms with Crippen LogP contribution in [0.2, 0.25) is 0 Å². The van der Waals surface area contributed by atoms with Crippen molar-refractivity contribution in [2.75, 3.05) is 11.9 Å². The Morgan fingerprint density at radius 1 is 1.43 bits per heavy atom. The van der Waals surface area contributed by atoms with Crippen molar-refractivity contribution in [2.45, 2.75) is 58.8 Å². The van der Waals surface area contributed by atoms with Crippen molar-refractivity contribution in [3.8, 4) is 0 Å². The third kappa shape index (κ3) is 3.52. The van der Waals surface area contributed by atoms with Gasteiger partial charge in [0.05, 0.1) is 11.9 Å². The standard InChI is InChI=1S/C16H25N3O2/c1-4-16(7-5-6-8-16)10-18-12-9-17-14(11(2)3)19-13(12)15(20)21/h9,11,18H,4-8,10H2,1-3H3,(H,20,21). The Morgan fingerprint density at radius 3 is 2.62 bits per heavy atom. The molecule has 5 heteroatoms. The number of nitrogens with zero attached hydrogens (tertiary/aromatic N) is 2. The van der Waals surface area contributed by atoms with E-state index in [1.165, 1.54) is 25.7 Å². The molecule has 0 atom stereocenters. The maximum atomic E-state index is 11.4. The molecule has 21 heavy (non-hydrogen) atoms. The van der Waals surface area contributed by atoms with E-state index in [2.05, 4.69) is 22.2 Å². The summed E-state index contributed by atoms with van der Waals surface area (Å²) < 4.78 is 0. The number of hydrogen-bond donors (Lipinski definition) is 2. The number of anilines is 1. The molecule has 0 bridgehead atoms. The molecule has 1 aromatic heterocycles. The van der Waals surface area contributed by atoms with Gasteiger partial charge in [0.1, 0.15) is 5.82 Å². The van der Waals surface area contributed by atoms with Crippen LogP contribution in [0.1, 0.15) is 75.1 Å². The fourth-order valence-electron chi connectivity index (χ4n) is 3.03. The lowest BCUT2D eigenvalue weighted by atomic mass is 9.83. The fourth-order valence-corrected chi connectivity index (χ4v) is 3.03. The molecular weight excluding hydrogens is 266 g/mol. The second-order valence-electron chi connectivity index (χ2n) is 6.36. The van der Waals surface area contributed by atoms with E-state index in [-0.39, 0.29) is 11.6 Å². The van der Waals surface area contributed by atoms with Crippen molar-refractivity contribution in [3.63, 3.8) is 0 Å². The van der Waals surface area contributed by atoms with Gasteiger partial charge in [-0.1, -0.05) is 33.6 Å². The first-order valence-electron chi connectivity index (χ1n) is 7.81. The molecule has 0 radical (unpaired) electrons. The number of carboxylic acids is 1. The van der Waals surface area contributed by atoms with Crippen LogP contribution in [0.4, 0.5) is 5.69 Å². The highest BCUT2D eigenvalue weighted by Gasteiger charge is 2.32. The number of nitrogens with one attached hydrogen (secondary N) is 1. The van der Waals surface area contributed by atoms with Gasteiger partial charge in [0, 0.05) is 12.5 Å². The Bertz CT molecular complexity index is 508. The number of aromatic nitrogens is 2. The molecule has 0 aromatic carbocycles. The van der Waals surface area contributed by atoms with Gasteiger partial charge in [0.25, 0.3) is 0 Å². The molecule has 116 valence electrons. The van der Waals surface area contributed by atoms with E-state index in [1.54, 1.807) is 6.20 Å². The number of carboxylic acid groups (broad SMARTS) is 1. The largest absolute Gasteiger partial charge is 0.476 e. The zero-order chi connectivity index (χ0) is 15.5. The first-order valence-corrected chi connectivity index (χ1v) is 7.81. The van der Waals surface area contributed by atoms with E-state index in [0.717, 1.165) is 13.0 Å². The van der Waals surface area contributed by atoms with Gasteiger partial charge >= 0.3 is 5.97 Å². The first kappa shape index (κ1) is 15.7. The van der Waals surface area contributed by atoms with Gasteiger partial charge in [0.15, 0.2) is 5.69 Å². The highest BCUT2D eigenvalue weighted by molar-refractivity contribution is 5.91. The SMILES string of the molecule is CCC1(CNc2cnc(C(C)C)nc2C(=O)O)CCCC1. The molecule has 0 spiro atoms. The first-order chi connectivity index (χ1) is 9.97. The quantitative estimate of drug-likeness (QED) is 0.836. The summed E-state index contributed by atoms with van der Waals surface area (Å²) in [5.74, 6) is -0.309. The Kier molecular flexibility index (Phi) is 4.80. The summed E-state index contributed by atoms with van der Waals surface area (Å²) in [6.07, 6.45) is 7.69. The lowest BCUT2D eigenvalue weighted by molar-refractivity contribution is 0.0691. The van der Waals surface area contributed by atoms with Crippen LogP contribution < -0.4 is 5.32 Å². The van der Waals surface area contributed by atoms with Gasteiger partial charge in [0.2, 0.25) is 0 Å². The number of hydrogen-bond acceptors (Lipinski definition) is 4. The molecule has 1 aliphatic rings. The maximum Gasteiger partial charge on any atom is 0.356 e. The molecule has 1 aliphatic carbocycles.